The van der Waals surface area contributed by atoms with Gasteiger partial charge in [0.05, 0.1) is 11.8 Å². The Morgan fingerprint density at radius 2 is 2.37 bits per heavy atom. The van der Waals surface area contributed by atoms with Gasteiger partial charge in [-0.1, -0.05) is 0 Å². The summed E-state index contributed by atoms with van der Waals surface area (Å²) in [5.41, 5.74) is 5.07. The summed E-state index contributed by atoms with van der Waals surface area (Å²) in [4.78, 5) is 14.0. The Balaban J connectivity index is 2.03. The Bertz CT molecular complexity index is 456. The van der Waals surface area contributed by atoms with Gasteiger partial charge in [-0.15, -0.1) is 0 Å². The largest absolute Gasteiger partial charge is 0.376 e. The highest BCUT2D eigenvalue weighted by molar-refractivity contribution is 5.94. The van der Waals surface area contributed by atoms with E-state index in [1.165, 1.54) is 0 Å². The summed E-state index contributed by atoms with van der Waals surface area (Å²) >= 11 is 0. The topological polar surface area (TPSA) is 67.6 Å². The summed E-state index contributed by atoms with van der Waals surface area (Å²) in [6.07, 6.45) is 2.30. The van der Waals surface area contributed by atoms with Crippen molar-refractivity contribution in [1.29, 1.82) is 0 Å². The van der Waals surface area contributed by atoms with Crippen LogP contribution in [0.25, 0.3) is 0 Å². The van der Waals surface area contributed by atoms with E-state index in [0.29, 0.717) is 12.1 Å². The minimum Gasteiger partial charge on any atom is -0.376 e. The van der Waals surface area contributed by atoms with E-state index in [4.69, 9.17) is 10.6 Å². The van der Waals surface area contributed by atoms with Crippen LogP contribution in [0.15, 0.2) is 18.2 Å². The van der Waals surface area contributed by atoms with Crippen molar-refractivity contribution in [3.05, 3.63) is 29.3 Å². The molecular formula is C14H21N3O2. The Morgan fingerprint density at radius 3 is 2.95 bits per heavy atom. The van der Waals surface area contributed by atoms with Crippen molar-refractivity contribution < 1.29 is 9.53 Å². The molecular weight excluding hydrogens is 242 g/mol. The molecule has 1 heterocycles. The van der Waals surface area contributed by atoms with Crippen LogP contribution in [0.1, 0.15) is 28.8 Å². The van der Waals surface area contributed by atoms with Gasteiger partial charge in [0, 0.05) is 25.8 Å². The molecule has 1 aliphatic heterocycles. The van der Waals surface area contributed by atoms with Crippen molar-refractivity contribution in [2.45, 2.75) is 25.9 Å². The number of ether oxygens (including phenoxy) is 1. The average Bonchev–Trinajstić information content (AvgIpc) is 2.90. The van der Waals surface area contributed by atoms with Gasteiger partial charge in [0.25, 0.3) is 5.91 Å². The number of rotatable bonds is 4. The van der Waals surface area contributed by atoms with Gasteiger partial charge in [0.15, 0.2) is 0 Å². The van der Waals surface area contributed by atoms with E-state index in [-0.39, 0.29) is 12.0 Å². The molecule has 1 amide bonds. The summed E-state index contributed by atoms with van der Waals surface area (Å²) in [5.74, 6) is 5.40. The zero-order valence-electron chi connectivity index (χ0n) is 11.5. The molecule has 0 spiro atoms. The first-order chi connectivity index (χ1) is 9.11. The molecule has 5 nitrogen and oxygen atoms in total. The minimum atomic E-state index is 0.0159. The van der Waals surface area contributed by atoms with Gasteiger partial charge in [-0.05, 0) is 43.5 Å². The quantitative estimate of drug-likeness (QED) is 0.638. The van der Waals surface area contributed by atoms with Crippen molar-refractivity contribution in [2.24, 2.45) is 5.84 Å². The maximum atomic E-state index is 12.3. The second kappa shape index (κ2) is 6.04. The van der Waals surface area contributed by atoms with Crippen LogP contribution in [0.2, 0.25) is 0 Å². The fourth-order valence-corrected chi connectivity index (χ4v) is 2.36. The molecule has 2 rings (SSSR count). The predicted octanol–water partition coefficient (Wildman–Crippen LogP) is 1.53. The molecule has 0 bridgehead atoms. The molecule has 1 fully saturated rings. The predicted molar refractivity (Wildman–Crippen MR) is 74.9 cm³/mol. The van der Waals surface area contributed by atoms with Crippen LogP contribution in [0.5, 0.6) is 0 Å². The molecule has 3 N–H and O–H groups in total. The molecule has 19 heavy (non-hydrogen) atoms. The highest BCUT2D eigenvalue weighted by atomic mass is 16.5. The lowest BCUT2D eigenvalue weighted by Crippen LogP contribution is -2.34. The fraction of sp³-hybridized carbons (Fsp3) is 0.500. The molecule has 1 atom stereocenters. The van der Waals surface area contributed by atoms with Crippen LogP contribution >= 0.6 is 0 Å². The van der Waals surface area contributed by atoms with Crippen LogP contribution in [-0.4, -0.2) is 37.1 Å². The molecule has 1 saturated heterocycles. The molecule has 0 aliphatic carbocycles. The highest BCUT2D eigenvalue weighted by Crippen LogP contribution is 2.18. The van der Waals surface area contributed by atoms with Crippen molar-refractivity contribution in [3.63, 3.8) is 0 Å². The third-order valence-corrected chi connectivity index (χ3v) is 3.48. The van der Waals surface area contributed by atoms with E-state index in [9.17, 15) is 4.79 Å². The van der Waals surface area contributed by atoms with Gasteiger partial charge in [0.1, 0.15) is 0 Å². The van der Waals surface area contributed by atoms with Crippen molar-refractivity contribution >= 4 is 11.6 Å². The number of nitrogen functional groups attached to an aromatic ring is 1. The molecule has 0 aromatic heterocycles. The van der Waals surface area contributed by atoms with Gasteiger partial charge in [-0.25, -0.2) is 0 Å². The number of nitrogens with one attached hydrogen (secondary N) is 1. The smallest absolute Gasteiger partial charge is 0.253 e. The van der Waals surface area contributed by atoms with E-state index in [2.05, 4.69) is 5.43 Å². The summed E-state index contributed by atoms with van der Waals surface area (Å²) in [6, 6.07) is 5.46. The Kier molecular flexibility index (Phi) is 4.39. The molecule has 1 aliphatic rings. The van der Waals surface area contributed by atoms with E-state index < -0.39 is 0 Å². The molecule has 1 aromatic rings. The van der Waals surface area contributed by atoms with Gasteiger partial charge >= 0.3 is 0 Å². The average molecular weight is 263 g/mol. The third-order valence-electron chi connectivity index (χ3n) is 3.48. The Hall–Kier alpha value is -1.59. The van der Waals surface area contributed by atoms with Crippen LogP contribution in [0, 0.1) is 6.92 Å². The monoisotopic (exact) mass is 263 g/mol. The van der Waals surface area contributed by atoms with Crippen LogP contribution in [-0.2, 0) is 4.74 Å². The first kappa shape index (κ1) is 13.8. The second-order valence-electron chi connectivity index (χ2n) is 4.99. The number of nitrogens with two attached hydrogens (primary N) is 1. The van der Waals surface area contributed by atoms with Crippen LogP contribution in [0.3, 0.4) is 0 Å². The molecule has 1 aromatic carbocycles. The van der Waals surface area contributed by atoms with Crippen molar-refractivity contribution in [2.75, 3.05) is 25.6 Å². The number of likely N-dealkylation sites (N-methyl/N-ethyl adjacent to an activating group) is 1. The molecule has 1 unspecified atom stereocenters. The van der Waals surface area contributed by atoms with E-state index in [1.54, 1.807) is 11.0 Å². The Labute approximate surface area is 113 Å². The lowest BCUT2D eigenvalue weighted by molar-refractivity contribution is 0.0587. The Morgan fingerprint density at radius 1 is 1.58 bits per heavy atom. The zero-order chi connectivity index (χ0) is 13.8. The number of hydrogen-bond acceptors (Lipinski definition) is 4. The third kappa shape index (κ3) is 3.24. The van der Waals surface area contributed by atoms with E-state index >= 15 is 0 Å². The summed E-state index contributed by atoms with van der Waals surface area (Å²) in [7, 11) is 1.81. The SMILES string of the molecule is Cc1cc(C(=O)N(C)CC2CCCO2)ccc1NN. The number of nitrogens with zero attached hydrogens (tertiary/aromatic N) is 1. The lowest BCUT2D eigenvalue weighted by atomic mass is 10.1. The number of aryl methyl sites for hydroxylation is 1. The van der Waals surface area contributed by atoms with Crippen molar-refractivity contribution in [3.8, 4) is 0 Å². The number of amides is 1. The number of hydrogen-bond donors (Lipinski definition) is 2. The highest BCUT2D eigenvalue weighted by Gasteiger charge is 2.21. The molecule has 104 valence electrons. The molecule has 0 radical (unpaired) electrons. The first-order valence-corrected chi connectivity index (χ1v) is 6.56. The number of carbonyl (C=O) groups is 1. The maximum absolute atomic E-state index is 12.3. The first-order valence-electron chi connectivity index (χ1n) is 6.56. The minimum absolute atomic E-state index is 0.0159. The van der Waals surface area contributed by atoms with Gasteiger partial charge < -0.3 is 15.1 Å². The fourth-order valence-electron chi connectivity index (χ4n) is 2.36. The molecule has 5 heteroatoms. The van der Waals surface area contributed by atoms with Crippen LogP contribution in [0.4, 0.5) is 5.69 Å². The van der Waals surface area contributed by atoms with Gasteiger partial charge in [-0.2, -0.15) is 0 Å². The maximum Gasteiger partial charge on any atom is 0.253 e. The van der Waals surface area contributed by atoms with E-state index in [0.717, 1.165) is 30.7 Å². The normalized spacial score (nSPS) is 18.4. The van der Waals surface area contributed by atoms with Gasteiger partial charge in [-0.3, -0.25) is 10.6 Å². The number of carbonyl (C=O) groups excluding carboxylic acids is 1. The number of benzene rings is 1. The summed E-state index contributed by atoms with van der Waals surface area (Å²) in [5, 5.41) is 0. The lowest BCUT2D eigenvalue weighted by Gasteiger charge is -2.21. The van der Waals surface area contributed by atoms with Crippen molar-refractivity contribution in [1.82, 2.24) is 4.90 Å². The zero-order valence-corrected chi connectivity index (χ0v) is 11.5. The second-order valence-corrected chi connectivity index (χ2v) is 4.99. The standard InChI is InChI=1S/C14H21N3O2/c1-10-8-11(5-6-13(10)16-15)14(18)17(2)9-12-4-3-7-19-12/h5-6,8,12,16H,3-4,7,9,15H2,1-2H3. The number of anilines is 1. The molecule has 0 saturated carbocycles. The van der Waals surface area contributed by atoms with Crippen LogP contribution < -0.4 is 11.3 Å². The summed E-state index contributed by atoms with van der Waals surface area (Å²) in [6.45, 7) is 3.38. The van der Waals surface area contributed by atoms with E-state index in [1.807, 2.05) is 26.1 Å². The van der Waals surface area contributed by atoms with Gasteiger partial charge in [0.2, 0.25) is 0 Å². The summed E-state index contributed by atoms with van der Waals surface area (Å²) < 4.78 is 5.55. The number of hydrazine groups is 1.